The molecule has 0 radical (unpaired) electrons. The number of hydrogen-bond acceptors (Lipinski definition) is 3. The van der Waals surface area contributed by atoms with Crippen LogP contribution in [0.15, 0.2) is 48.7 Å². The normalized spacial score (nSPS) is 12.1. The Hall–Kier alpha value is -1.87. The van der Waals surface area contributed by atoms with Crippen LogP contribution in [0.1, 0.15) is 30.6 Å². The first-order valence-electron chi connectivity index (χ1n) is 7.11. The zero-order valence-corrected chi connectivity index (χ0v) is 12.2. The lowest BCUT2D eigenvalue weighted by Gasteiger charge is -2.21. The van der Waals surface area contributed by atoms with Gasteiger partial charge < -0.3 is 10.1 Å². The lowest BCUT2D eigenvalue weighted by Crippen LogP contribution is -2.24. The molecule has 1 aromatic carbocycles. The minimum atomic E-state index is 0.223. The van der Waals surface area contributed by atoms with Gasteiger partial charge in [0, 0.05) is 29.9 Å². The first-order chi connectivity index (χ1) is 9.85. The summed E-state index contributed by atoms with van der Waals surface area (Å²) in [4.78, 5) is 4.43. The van der Waals surface area contributed by atoms with Crippen LogP contribution in [-0.4, -0.2) is 18.6 Å². The average Bonchev–Trinajstić information content (AvgIpc) is 2.52. The molecule has 1 N–H and O–H groups in total. The Morgan fingerprint density at radius 2 is 1.95 bits per heavy atom. The maximum absolute atomic E-state index is 5.48. The predicted octanol–water partition coefficient (Wildman–Crippen LogP) is 3.37. The Labute approximate surface area is 121 Å². The Morgan fingerprint density at radius 1 is 1.15 bits per heavy atom. The molecule has 0 aliphatic carbocycles. The summed E-state index contributed by atoms with van der Waals surface area (Å²) < 4.78 is 5.48. The van der Waals surface area contributed by atoms with E-state index in [0.29, 0.717) is 0 Å². The molecular weight excluding hydrogens is 248 g/mol. The van der Waals surface area contributed by atoms with Gasteiger partial charge >= 0.3 is 0 Å². The first-order valence-corrected chi connectivity index (χ1v) is 7.11. The fraction of sp³-hybridized carbons (Fsp3) is 0.353. The fourth-order valence-corrected chi connectivity index (χ4v) is 2.29. The van der Waals surface area contributed by atoms with Gasteiger partial charge in [0.15, 0.2) is 0 Å². The minimum absolute atomic E-state index is 0.223. The van der Waals surface area contributed by atoms with E-state index in [1.807, 2.05) is 30.5 Å². The fourth-order valence-electron chi connectivity index (χ4n) is 2.29. The number of nitrogens with one attached hydrogen (secondary N) is 1. The van der Waals surface area contributed by atoms with E-state index in [4.69, 9.17) is 4.74 Å². The monoisotopic (exact) mass is 270 g/mol. The molecule has 2 aromatic rings. The molecule has 20 heavy (non-hydrogen) atoms. The van der Waals surface area contributed by atoms with Crippen molar-refractivity contribution >= 4 is 0 Å². The molecule has 0 amide bonds. The van der Waals surface area contributed by atoms with Gasteiger partial charge in [-0.25, -0.2) is 0 Å². The topological polar surface area (TPSA) is 34.2 Å². The summed E-state index contributed by atoms with van der Waals surface area (Å²) in [5.74, 6) is 0.928. The van der Waals surface area contributed by atoms with Gasteiger partial charge in [0.05, 0.1) is 7.11 Å². The van der Waals surface area contributed by atoms with Gasteiger partial charge in [0.2, 0.25) is 0 Å². The summed E-state index contributed by atoms with van der Waals surface area (Å²) in [6.45, 7) is 3.16. The van der Waals surface area contributed by atoms with Gasteiger partial charge in [-0.15, -0.1) is 0 Å². The number of hydrogen-bond donors (Lipinski definition) is 1. The number of pyridine rings is 1. The van der Waals surface area contributed by atoms with Gasteiger partial charge in [-0.1, -0.05) is 31.2 Å². The molecule has 1 atom stereocenters. The third kappa shape index (κ3) is 3.81. The Bertz CT molecular complexity index is 513. The number of methoxy groups -OCH3 is 1. The summed E-state index contributed by atoms with van der Waals surface area (Å²) in [6.07, 6.45) is 3.81. The van der Waals surface area contributed by atoms with Crippen LogP contribution < -0.4 is 10.1 Å². The lowest BCUT2D eigenvalue weighted by atomic mass is 10.0. The SMILES string of the molecule is CCCNC(Cc1ccccn1)c1ccccc1OC. The molecule has 3 heteroatoms. The largest absolute Gasteiger partial charge is 0.496 e. The Kier molecular flexibility index (Phi) is 5.56. The summed E-state index contributed by atoms with van der Waals surface area (Å²) in [5.41, 5.74) is 2.28. The second-order valence-corrected chi connectivity index (χ2v) is 4.77. The van der Waals surface area contributed by atoms with Gasteiger partial charge in [-0.3, -0.25) is 4.98 Å². The van der Waals surface area contributed by atoms with Crippen LogP contribution in [0.5, 0.6) is 5.75 Å². The third-order valence-corrected chi connectivity index (χ3v) is 3.29. The number of ether oxygens (including phenoxy) is 1. The van der Waals surface area contributed by atoms with E-state index in [2.05, 4.69) is 35.4 Å². The van der Waals surface area contributed by atoms with Gasteiger partial charge in [0.25, 0.3) is 0 Å². The van der Waals surface area contributed by atoms with E-state index in [-0.39, 0.29) is 6.04 Å². The number of aromatic nitrogens is 1. The lowest BCUT2D eigenvalue weighted by molar-refractivity contribution is 0.397. The van der Waals surface area contributed by atoms with E-state index in [9.17, 15) is 0 Å². The van der Waals surface area contributed by atoms with Gasteiger partial charge in [-0.2, -0.15) is 0 Å². The van der Waals surface area contributed by atoms with Gasteiger partial charge in [0.1, 0.15) is 5.75 Å². The van der Waals surface area contributed by atoms with Crippen molar-refractivity contribution < 1.29 is 4.74 Å². The van der Waals surface area contributed by atoms with Crippen molar-refractivity contribution in [2.24, 2.45) is 0 Å². The molecule has 1 aromatic heterocycles. The molecule has 0 saturated heterocycles. The van der Waals surface area contributed by atoms with E-state index < -0.39 is 0 Å². The van der Waals surface area contributed by atoms with Crippen molar-refractivity contribution in [1.82, 2.24) is 10.3 Å². The average molecular weight is 270 g/mol. The number of nitrogens with zero attached hydrogens (tertiary/aromatic N) is 1. The first kappa shape index (κ1) is 14.5. The van der Waals surface area contributed by atoms with E-state index in [1.165, 1.54) is 5.56 Å². The molecule has 0 aliphatic heterocycles. The van der Waals surface area contributed by atoms with Crippen LogP contribution >= 0.6 is 0 Å². The summed E-state index contributed by atoms with van der Waals surface area (Å²) in [5, 5.41) is 3.59. The molecule has 1 heterocycles. The van der Waals surface area contributed by atoms with Crippen LogP contribution in [0.25, 0.3) is 0 Å². The van der Waals surface area contributed by atoms with Crippen LogP contribution in [0.3, 0.4) is 0 Å². The predicted molar refractivity (Wildman–Crippen MR) is 82.0 cm³/mol. The van der Waals surface area contributed by atoms with E-state index in [0.717, 1.165) is 30.8 Å². The summed E-state index contributed by atoms with van der Waals surface area (Å²) in [7, 11) is 1.72. The highest BCUT2D eigenvalue weighted by atomic mass is 16.5. The molecule has 3 nitrogen and oxygen atoms in total. The quantitative estimate of drug-likeness (QED) is 0.837. The van der Waals surface area contributed by atoms with E-state index >= 15 is 0 Å². The van der Waals surface area contributed by atoms with Crippen molar-refractivity contribution in [3.8, 4) is 5.75 Å². The molecule has 0 spiro atoms. The van der Waals surface area contributed by atoms with Gasteiger partial charge in [-0.05, 0) is 31.2 Å². The Morgan fingerprint density at radius 3 is 2.65 bits per heavy atom. The van der Waals surface area contributed by atoms with Crippen LogP contribution in [0, 0.1) is 0 Å². The molecular formula is C17H22N2O. The van der Waals surface area contributed by atoms with Crippen molar-refractivity contribution in [1.29, 1.82) is 0 Å². The Balaban J connectivity index is 2.22. The maximum atomic E-state index is 5.48. The number of rotatable bonds is 7. The molecule has 0 aliphatic rings. The smallest absolute Gasteiger partial charge is 0.123 e. The zero-order chi connectivity index (χ0) is 14.2. The second-order valence-electron chi connectivity index (χ2n) is 4.77. The summed E-state index contributed by atoms with van der Waals surface area (Å²) in [6, 6.07) is 14.4. The second kappa shape index (κ2) is 7.65. The molecule has 2 rings (SSSR count). The van der Waals surface area contributed by atoms with Crippen molar-refractivity contribution in [3.05, 3.63) is 59.9 Å². The number of para-hydroxylation sites is 1. The highest BCUT2D eigenvalue weighted by Gasteiger charge is 2.16. The molecule has 0 bridgehead atoms. The van der Waals surface area contributed by atoms with E-state index in [1.54, 1.807) is 7.11 Å². The minimum Gasteiger partial charge on any atom is -0.496 e. The third-order valence-electron chi connectivity index (χ3n) is 3.29. The van der Waals surface area contributed by atoms with Crippen molar-refractivity contribution in [2.45, 2.75) is 25.8 Å². The highest BCUT2D eigenvalue weighted by molar-refractivity contribution is 5.36. The molecule has 0 saturated carbocycles. The van der Waals surface area contributed by atoms with Crippen LogP contribution in [-0.2, 0) is 6.42 Å². The van der Waals surface area contributed by atoms with Crippen LogP contribution in [0.2, 0.25) is 0 Å². The molecule has 1 unspecified atom stereocenters. The van der Waals surface area contributed by atoms with Crippen molar-refractivity contribution in [2.75, 3.05) is 13.7 Å². The molecule has 106 valence electrons. The number of benzene rings is 1. The summed E-state index contributed by atoms with van der Waals surface area (Å²) >= 11 is 0. The zero-order valence-electron chi connectivity index (χ0n) is 12.2. The highest BCUT2D eigenvalue weighted by Crippen LogP contribution is 2.27. The molecule has 0 fully saturated rings. The van der Waals surface area contributed by atoms with Crippen LogP contribution in [0.4, 0.5) is 0 Å². The standard InChI is InChI=1S/C17H22N2O/c1-3-11-19-16(13-14-8-6-7-12-18-14)15-9-4-5-10-17(15)20-2/h4-10,12,16,19H,3,11,13H2,1-2H3. The maximum Gasteiger partial charge on any atom is 0.123 e. The van der Waals surface area contributed by atoms with Crippen molar-refractivity contribution in [3.63, 3.8) is 0 Å².